The van der Waals surface area contributed by atoms with Gasteiger partial charge in [0.2, 0.25) is 11.8 Å². The van der Waals surface area contributed by atoms with Crippen LogP contribution in [0.4, 0.5) is 0 Å². The molecule has 0 aromatic heterocycles. The second-order valence-corrected chi connectivity index (χ2v) is 9.82. The summed E-state index contributed by atoms with van der Waals surface area (Å²) in [5.41, 5.74) is 1.41. The monoisotopic (exact) mass is 563 g/mol. The average Bonchev–Trinajstić information content (AvgIpc) is 3.09. The van der Waals surface area contributed by atoms with Crippen LogP contribution in [0.15, 0.2) is 65.8 Å². The van der Waals surface area contributed by atoms with Crippen LogP contribution in [0.25, 0.3) is 0 Å². The van der Waals surface area contributed by atoms with Crippen LogP contribution in [-0.4, -0.2) is 82.2 Å². The number of carbonyl (C=O) groups excluding carboxylic acids is 4. The van der Waals surface area contributed by atoms with Crippen molar-refractivity contribution in [3.05, 3.63) is 71.8 Å². The summed E-state index contributed by atoms with van der Waals surface area (Å²) >= 11 is 0. The second-order valence-electron chi connectivity index (χ2n) is 9.82. The normalized spacial score (nSPS) is 19.7. The minimum atomic E-state index is -1.17. The molecule has 0 unspecified atom stereocenters. The zero-order valence-corrected chi connectivity index (χ0v) is 22.5. The van der Waals surface area contributed by atoms with Gasteiger partial charge in [0, 0.05) is 24.9 Å². The Hall–Kier alpha value is -4.74. The van der Waals surface area contributed by atoms with Crippen LogP contribution in [0, 0.1) is 0 Å². The number of carboxylic acid groups (broad SMARTS) is 1. The predicted molar refractivity (Wildman–Crippen MR) is 147 cm³/mol. The molecule has 0 bridgehead atoms. The van der Waals surface area contributed by atoms with Gasteiger partial charge in [0.05, 0.1) is 18.7 Å². The molecule has 3 atom stereocenters. The van der Waals surface area contributed by atoms with Crippen LogP contribution in [0.3, 0.4) is 0 Å². The summed E-state index contributed by atoms with van der Waals surface area (Å²) in [6.07, 6.45) is 2.17. The van der Waals surface area contributed by atoms with Gasteiger partial charge in [-0.1, -0.05) is 53.7 Å². The van der Waals surface area contributed by atoms with E-state index in [4.69, 9.17) is 4.84 Å². The number of fused-ring (bicyclic) bond motifs is 1. The van der Waals surface area contributed by atoms with Crippen molar-refractivity contribution in [3.8, 4) is 0 Å². The Morgan fingerprint density at radius 1 is 1.05 bits per heavy atom. The van der Waals surface area contributed by atoms with Gasteiger partial charge < -0.3 is 20.6 Å². The Morgan fingerprint density at radius 3 is 2.46 bits per heavy atom. The number of hydrazine groups is 1. The smallest absolute Gasteiger partial charge is 0.305 e. The fourth-order valence-corrected chi connectivity index (χ4v) is 4.82. The van der Waals surface area contributed by atoms with Gasteiger partial charge in [0.1, 0.15) is 18.7 Å². The van der Waals surface area contributed by atoms with E-state index in [1.807, 2.05) is 30.3 Å². The first kappa shape index (κ1) is 29.2. The summed E-state index contributed by atoms with van der Waals surface area (Å²) in [6.45, 7) is 0.509. The first-order valence-electron chi connectivity index (χ1n) is 13.5. The molecule has 2 aliphatic rings. The highest BCUT2D eigenvalue weighted by molar-refractivity contribution is 6.00. The molecule has 4 rings (SSSR count). The molecule has 12 heteroatoms. The molecule has 12 nitrogen and oxygen atoms in total. The Labute approximate surface area is 237 Å². The lowest BCUT2D eigenvalue weighted by atomic mass is 10.0. The van der Waals surface area contributed by atoms with Crippen molar-refractivity contribution in [2.45, 2.75) is 56.7 Å². The molecular formula is C29H33N5O7. The van der Waals surface area contributed by atoms with Gasteiger partial charge in [0.25, 0.3) is 11.8 Å². The lowest BCUT2D eigenvalue weighted by Crippen LogP contribution is -2.64. The van der Waals surface area contributed by atoms with Crippen molar-refractivity contribution in [2.75, 3.05) is 13.2 Å². The molecule has 2 aromatic rings. The topological polar surface area (TPSA) is 158 Å². The molecule has 0 spiro atoms. The highest BCUT2D eigenvalue weighted by Gasteiger charge is 2.44. The van der Waals surface area contributed by atoms with E-state index in [0.717, 1.165) is 10.6 Å². The second kappa shape index (κ2) is 14.1. The van der Waals surface area contributed by atoms with E-state index in [2.05, 4.69) is 15.8 Å². The molecule has 4 amide bonds. The van der Waals surface area contributed by atoms with E-state index in [0.29, 0.717) is 18.4 Å². The first-order chi connectivity index (χ1) is 19.8. The van der Waals surface area contributed by atoms with Gasteiger partial charge >= 0.3 is 5.97 Å². The average molecular weight is 564 g/mol. The van der Waals surface area contributed by atoms with Crippen molar-refractivity contribution < 1.29 is 33.9 Å². The molecule has 0 saturated carbocycles. The maximum absolute atomic E-state index is 13.6. The summed E-state index contributed by atoms with van der Waals surface area (Å²) in [7, 11) is 0. The summed E-state index contributed by atoms with van der Waals surface area (Å²) in [5, 5.41) is 20.9. The minimum absolute atomic E-state index is 0.0188. The standard InChI is InChI=1S/C29H33N5O7/c35-25-14-13-23(32-27(38)21-10-5-2-6-11-21)29(40)34-24(12-7-16-33(25)34)28(39)31-22(18-26(36)37)19-30-41-17-15-20-8-3-1-4-9-20/h1-6,8-11,19,22-24H,7,12-18H2,(H,31,39)(H,32,38)(H,36,37)/b30-19+/t22-,23-,24-/m0/s1. The fraction of sp³-hybridized carbons (Fsp3) is 0.379. The van der Waals surface area contributed by atoms with Gasteiger partial charge in [0.15, 0.2) is 0 Å². The molecule has 41 heavy (non-hydrogen) atoms. The molecule has 2 aromatic carbocycles. The van der Waals surface area contributed by atoms with E-state index < -0.39 is 48.2 Å². The number of nitrogens with one attached hydrogen (secondary N) is 2. The Bertz CT molecular complexity index is 1270. The van der Waals surface area contributed by atoms with E-state index in [9.17, 15) is 29.1 Å². The van der Waals surface area contributed by atoms with E-state index in [1.54, 1.807) is 30.3 Å². The Balaban J connectivity index is 1.43. The third-order valence-electron chi connectivity index (χ3n) is 6.87. The zero-order valence-electron chi connectivity index (χ0n) is 22.5. The molecule has 3 N–H and O–H groups in total. The van der Waals surface area contributed by atoms with Gasteiger partial charge in [-0.25, -0.2) is 5.01 Å². The van der Waals surface area contributed by atoms with Crippen LogP contribution in [0.1, 0.15) is 48.0 Å². The molecular weight excluding hydrogens is 530 g/mol. The number of nitrogens with zero attached hydrogens (tertiary/aromatic N) is 3. The van der Waals surface area contributed by atoms with Crippen LogP contribution in [-0.2, 0) is 30.4 Å². The third kappa shape index (κ3) is 7.90. The number of aliphatic carboxylic acids is 1. The molecule has 2 fully saturated rings. The maximum Gasteiger partial charge on any atom is 0.305 e. The first-order valence-corrected chi connectivity index (χ1v) is 13.5. The van der Waals surface area contributed by atoms with E-state index >= 15 is 0 Å². The SMILES string of the molecule is O=C(O)C[C@@H](/C=N/OCCc1ccccc1)NC(=O)[C@@H]1CCCN2C(=O)CC[C@H](NC(=O)c3ccccc3)C(=O)N12. The van der Waals surface area contributed by atoms with Crippen LogP contribution >= 0.6 is 0 Å². The number of hydrogen-bond acceptors (Lipinski definition) is 7. The lowest BCUT2D eigenvalue weighted by molar-refractivity contribution is -0.176. The Kier molecular flexibility index (Phi) is 10.0. The van der Waals surface area contributed by atoms with Crippen molar-refractivity contribution in [2.24, 2.45) is 5.16 Å². The fourth-order valence-electron chi connectivity index (χ4n) is 4.82. The summed E-state index contributed by atoms with van der Waals surface area (Å²) in [5.74, 6) is -3.17. The van der Waals surface area contributed by atoms with Crippen molar-refractivity contribution in [1.82, 2.24) is 20.7 Å². The summed E-state index contributed by atoms with van der Waals surface area (Å²) in [6, 6.07) is 14.9. The van der Waals surface area contributed by atoms with Crippen molar-refractivity contribution in [3.63, 3.8) is 0 Å². The number of rotatable bonds is 11. The number of carbonyl (C=O) groups is 5. The van der Waals surface area contributed by atoms with Gasteiger partial charge in [-0.15, -0.1) is 0 Å². The van der Waals surface area contributed by atoms with Gasteiger partial charge in [-0.2, -0.15) is 0 Å². The minimum Gasteiger partial charge on any atom is -0.481 e. The molecule has 2 heterocycles. The largest absolute Gasteiger partial charge is 0.481 e. The quantitative estimate of drug-likeness (QED) is 0.212. The maximum atomic E-state index is 13.6. The summed E-state index contributed by atoms with van der Waals surface area (Å²) < 4.78 is 0. The molecule has 2 aliphatic heterocycles. The number of amides is 4. The predicted octanol–water partition coefficient (Wildman–Crippen LogP) is 1.52. The lowest BCUT2D eigenvalue weighted by Gasteiger charge is -2.43. The van der Waals surface area contributed by atoms with Crippen molar-refractivity contribution in [1.29, 1.82) is 0 Å². The molecule has 2 saturated heterocycles. The molecule has 0 aliphatic carbocycles. The molecule has 216 valence electrons. The summed E-state index contributed by atoms with van der Waals surface area (Å²) in [4.78, 5) is 69.4. The van der Waals surface area contributed by atoms with E-state index in [-0.39, 0.29) is 38.3 Å². The van der Waals surface area contributed by atoms with E-state index in [1.165, 1.54) is 11.2 Å². The van der Waals surface area contributed by atoms with Gasteiger partial charge in [-0.3, -0.25) is 29.0 Å². The Morgan fingerprint density at radius 2 is 1.76 bits per heavy atom. The van der Waals surface area contributed by atoms with Crippen molar-refractivity contribution >= 4 is 35.8 Å². The molecule has 0 radical (unpaired) electrons. The number of benzene rings is 2. The highest BCUT2D eigenvalue weighted by atomic mass is 16.6. The van der Waals surface area contributed by atoms with Crippen LogP contribution in [0.2, 0.25) is 0 Å². The third-order valence-corrected chi connectivity index (χ3v) is 6.87. The number of hydrogen-bond donors (Lipinski definition) is 3. The van der Waals surface area contributed by atoms with Crippen LogP contribution in [0.5, 0.6) is 0 Å². The number of oxime groups is 1. The van der Waals surface area contributed by atoms with Crippen LogP contribution < -0.4 is 10.6 Å². The number of carboxylic acids is 1. The highest BCUT2D eigenvalue weighted by Crippen LogP contribution is 2.25. The zero-order chi connectivity index (χ0) is 29.2. The van der Waals surface area contributed by atoms with Gasteiger partial charge in [-0.05, 0) is 37.0 Å².